The highest BCUT2D eigenvalue weighted by molar-refractivity contribution is 6.00. The van der Waals surface area contributed by atoms with Crippen molar-refractivity contribution < 1.29 is 14.7 Å². The van der Waals surface area contributed by atoms with Crippen LogP contribution in [0.2, 0.25) is 0 Å². The van der Waals surface area contributed by atoms with Crippen LogP contribution in [0.25, 0.3) is 0 Å². The Hall–Kier alpha value is -2.36. The number of Topliss-reactive ketones (excluding diaryl/α,β-unsaturated/α-hetero) is 1. The van der Waals surface area contributed by atoms with Crippen molar-refractivity contribution in [2.24, 2.45) is 7.05 Å². The van der Waals surface area contributed by atoms with Crippen LogP contribution in [0.15, 0.2) is 30.5 Å². The van der Waals surface area contributed by atoms with E-state index >= 15 is 0 Å². The van der Waals surface area contributed by atoms with Crippen molar-refractivity contribution in [2.75, 3.05) is 0 Å². The minimum absolute atomic E-state index is 0.0678. The topological polar surface area (TPSA) is 59.3 Å². The molecule has 2 rings (SSSR count). The van der Waals surface area contributed by atoms with Gasteiger partial charge in [-0.15, -0.1) is 0 Å². The van der Waals surface area contributed by atoms with Gasteiger partial charge >= 0.3 is 5.97 Å². The Bertz CT molecular complexity index is 683. The van der Waals surface area contributed by atoms with Crippen LogP contribution in [-0.2, 0) is 13.5 Å². The monoisotopic (exact) mass is 271 g/mol. The Labute approximate surface area is 117 Å². The van der Waals surface area contributed by atoms with Crippen LogP contribution >= 0.6 is 0 Å². The van der Waals surface area contributed by atoms with Gasteiger partial charge in [0.05, 0.1) is 0 Å². The summed E-state index contributed by atoms with van der Waals surface area (Å²) in [6.07, 6.45) is 1.85. The number of carboxylic acid groups (broad SMARTS) is 1. The predicted molar refractivity (Wildman–Crippen MR) is 76.3 cm³/mol. The summed E-state index contributed by atoms with van der Waals surface area (Å²) in [4.78, 5) is 23.2. The molecule has 2 aromatic rings. The van der Waals surface area contributed by atoms with E-state index in [1.54, 1.807) is 13.2 Å². The number of aromatic carboxylic acids is 1. The Kier molecular flexibility index (Phi) is 3.74. The van der Waals surface area contributed by atoms with Gasteiger partial charge in [0.15, 0.2) is 5.78 Å². The quantitative estimate of drug-likeness (QED) is 0.870. The van der Waals surface area contributed by atoms with Gasteiger partial charge in [-0.3, -0.25) is 4.79 Å². The van der Waals surface area contributed by atoms with Crippen LogP contribution < -0.4 is 0 Å². The highest BCUT2D eigenvalue weighted by Crippen LogP contribution is 2.15. The molecule has 0 aliphatic rings. The molecule has 0 spiro atoms. The number of hydrogen-bond acceptors (Lipinski definition) is 2. The zero-order valence-electron chi connectivity index (χ0n) is 11.8. The second-order valence-corrected chi connectivity index (χ2v) is 5.06. The third kappa shape index (κ3) is 2.79. The number of carboxylic acids is 1. The summed E-state index contributed by atoms with van der Waals surface area (Å²) >= 11 is 0. The Morgan fingerprint density at radius 1 is 1.20 bits per heavy atom. The van der Waals surface area contributed by atoms with Gasteiger partial charge in [0.25, 0.3) is 0 Å². The van der Waals surface area contributed by atoms with Gasteiger partial charge < -0.3 is 9.67 Å². The predicted octanol–water partition coefficient (Wildman–Crippen LogP) is 2.77. The van der Waals surface area contributed by atoms with E-state index in [2.05, 4.69) is 0 Å². The lowest BCUT2D eigenvalue weighted by molar-refractivity contribution is 0.0686. The molecule has 0 aliphatic carbocycles. The number of nitrogens with zero attached hydrogens (tertiary/aromatic N) is 1. The van der Waals surface area contributed by atoms with Crippen LogP contribution in [0.1, 0.15) is 37.5 Å². The molecule has 20 heavy (non-hydrogen) atoms. The summed E-state index contributed by atoms with van der Waals surface area (Å²) in [6.45, 7) is 3.95. The van der Waals surface area contributed by atoms with Crippen molar-refractivity contribution in [3.05, 3.63) is 58.4 Å². The van der Waals surface area contributed by atoms with Crippen LogP contribution in [0, 0.1) is 13.8 Å². The number of hydrogen-bond donors (Lipinski definition) is 1. The first-order valence-electron chi connectivity index (χ1n) is 6.37. The van der Waals surface area contributed by atoms with Crippen LogP contribution in [-0.4, -0.2) is 21.4 Å². The number of benzene rings is 1. The molecule has 0 unspecified atom stereocenters. The number of aryl methyl sites for hydroxylation is 3. The van der Waals surface area contributed by atoms with Gasteiger partial charge in [0.2, 0.25) is 0 Å². The molecule has 4 heteroatoms. The fraction of sp³-hybridized carbons (Fsp3) is 0.250. The van der Waals surface area contributed by atoms with Crippen molar-refractivity contribution in [3.8, 4) is 0 Å². The highest BCUT2D eigenvalue weighted by Gasteiger charge is 2.15. The molecule has 1 aromatic heterocycles. The van der Waals surface area contributed by atoms with Crippen molar-refractivity contribution in [1.82, 2.24) is 4.57 Å². The van der Waals surface area contributed by atoms with Crippen LogP contribution in [0.3, 0.4) is 0 Å². The summed E-state index contributed by atoms with van der Waals surface area (Å²) in [5.41, 5.74) is 3.71. The minimum Gasteiger partial charge on any atom is -0.477 e. The maximum absolute atomic E-state index is 12.3. The summed E-state index contributed by atoms with van der Waals surface area (Å²) in [7, 11) is 1.62. The fourth-order valence-corrected chi connectivity index (χ4v) is 2.20. The highest BCUT2D eigenvalue weighted by atomic mass is 16.4. The Morgan fingerprint density at radius 2 is 1.90 bits per heavy atom. The number of ketones is 1. The molecule has 0 saturated heterocycles. The average Bonchev–Trinajstić information content (AvgIpc) is 2.76. The van der Waals surface area contributed by atoms with Gasteiger partial charge in [-0.2, -0.15) is 0 Å². The minimum atomic E-state index is -1.03. The number of carbonyl (C=O) groups excluding carboxylic acids is 1. The van der Waals surface area contributed by atoms with Crippen LogP contribution in [0.5, 0.6) is 0 Å². The van der Waals surface area contributed by atoms with Gasteiger partial charge in [0, 0.05) is 25.2 Å². The van der Waals surface area contributed by atoms with Gasteiger partial charge in [-0.05, 0) is 31.0 Å². The maximum atomic E-state index is 12.3. The SMILES string of the molecule is Cc1ccc(C)c(CC(=O)c2cc(C(=O)O)n(C)c2)c1. The molecule has 1 heterocycles. The second-order valence-electron chi connectivity index (χ2n) is 5.06. The normalized spacial score (nSPS) is 10.6. The summed E-state index contributed by atoms with van der Waals surface area (Å²) in [5, 5.41) is 9.00. The molecule has 0 fully saturated rings. The summed E-state index contributed by atoms with van der Waals surface area (Å²) < 4.78 is 1.46. The lowest BCUT2D eigenvalue weighted by atomic mass is 9.99. The maximum Gasteiger partial charge on any atom is 0.352 e. The molecular weight excluding hydrogens is 254 g/mol. The smallest absolute Gasteiger partial charge is 0.352 e. The zero-order valence-corrected chi connectivity index (χ0v) is 11.8. The van der Waals surface area contributed by atoms with E-state index in [4.69, 9.17) is 5.11 Å². The first-order valence-corrected chi connectivity index (χ1v) is 6.37. The first-order chi connectivity index (χ1) is 9.38. The number of carbonyl (C=O) groups is 2. The van der Waals surface area contributed by atoms with Gasteiger partial charge in [0.1, 0.15) is 5.69 Å². The Balaban J connectivity index is 2.26. The molecule has 0 atom stereocenters. The van der Waals surface area contributed by atoms with E-state index in [1.165, 1.54) is 10.6 Å². The summed E-state index contributed by atoms with van der Waals surface area (Å²) in [5.74, 6) is -1.10. The number of aromatic nitrogens is 1. The van der Waals surface area contributed by atoms with Gasteiger partial charge in [-0.1, -0.05) is 23.8 Å². The summed E-state index contributed by atoms with van der Waals surface area (Å²) in [6, 6.07) is 7.42. The fourth-order valence-electron chi connectivity index (χ4n) is 2.20. The largest absolute Gasteiger partial charge is 0.477 e. The molecule has 0 bridgehead atoms. The standard InChI is InChI=1S/C16H17NO3/c1-10-4-5-11(2)12(6-10)8-15(18)13-7-14(16(19)20)17(3)9-13/h4-7,9H,8H2,1-3H3,(H,19,20). The number of rotatable bonds is 4. The van der Waals surface area contributed by atoms with E-state index in [1.807, 2.05) is 32.0 Å². The van der Waals surface area contributed by atoms with Crippen molar-refractivity contribution in [3.63, 3.8) is 0 Å². The van der Waals surface area contributed by atoms with E-state index in [-0.39, 0.29) is 17.9 Å². The van der Waals surface area contributed by atoms with Gasteiger partial charge in [-0.25, -0.2) is 4.79 Å². The molecule has 1 aromatic carbocycles. The van der Waals surface area contributed by atoms with E-state index in [0.29, 0.717) is 5.56 Å². The molecule has 0 saturated carbocycles. The molecular formula is C16H17NO3. The second kappa shape index (κ2) is 5.33. The third-order valence-electron chi connectivity index (χ3n) is 3.40. The molecule has 0 aliphatic heterocycles. The molecule has 0 amide bonds. The lowest BCUT2D eigenvalue weighted by Crippen LogP contribution is -2.04. The third-order valence-corrected chi connectivity index (χ3v) is 3.40. The van der Waals surface area contributed by atoms with Crippen molar-refractivity contribution in [2.45, 2.75) is 20.3 Å². The van der Waals surface area contributed by atoms with E-state index < -0.39 is 5.97 Å². The van der Waals surface area contributed by atoms with Crippen molar-refractivity contribution in [1.29, 1.82) is 0 Å². The zero-order chi connectivity index (χ0) is 14.9. The van der Waals surface area contributed by atoms with E-state index in [9.17, 15) is 9.59 Å². The average molecular weight is 271 g/mol. The molecule has 4 nitrogen and oxygen atoms in total. The lowest BCUT2D eigenvalue weighted by Gasteiger charge is -2.05. The van der Waals surface area contributed by atoms with Crippen LogP contribution in [0.4, 0.5) is 0 Å². The van der Waals surface area contributed by atoms with E-state index in [0.717, 1.165) is 16.7 Å². The van der Waals surface area contributed by atoms with Crippen molar-refractivity contribution >= 4 is 11.8 Å². The first kappa shape index (κ1) is 14.1. The molecule has 1 N–H and O–H groups in total. The molecule has 104 valence electrons. The Morgan fingerprint density at radius 3 is 2.50 bits per heavy atom. The molecule has 0 radical (unpaired) electrons.